The summed E-state index contributed by atoms with van der Waals surface area (Å²) in [5.41, 5.74) is 5.53. The normalized spacial score (nSPS) is 16.2. The number of H-pyrrole nitrogens is 1. The van der Waals surface area contributed by atoms with Crippen LogP contribution >= 0.6 is 0 Å². The van der Waals surface area contributed by atoms with E-state index in [4.69, 9.17) is 4.98 Å². The maximum atomic E-state index is 11.3. The molecule has 0 fully saturated rings. The van der Waals surface area contributed by atoms with Crippen LogP contribution in [0.2, 0.25) is 0 Å². The van der Waals surface area contributed by atoms with Crippen LogP contribution in [0.25, 0.3) is 22.2 Å². The van der Waals surface area contributed by atoms with Crippen molar-refractivity contribution in [3.63, 3.8) is 0 Å². The van der Waals surface area contributed by atoms with E-state index in [-0.39, 0.29) is 5.56 Å². The lowest BCUT2D eigenvalue weighted by molar-refractivity contribution is 0.637. The van der Waals surface area contributed by atoms with Crippen molar-refractivity contribution in [3.05, 3.63) is 88.6 Å². The molecule has 0 radical (unpaired) electrons. The molecule has 0 spiro atoms. The van der Waals surface area contributed by atoms with E-state index < -0.39 is 0 Å². The number of hydrogen-bond donors (Lipinski definition) is 1. The monoisotopic (exact) mass is 327 g/mol. The summed E-state index contributed by atoms with van der Waals surface area (Å²) in [6.45, 7) is 0. The van der Waals surface area contributed by atoms with E-state index >= 15 is 0 Å². The fourth-order valence-corrected chi connectivity index (χ4v) is 3.82. The van der Waals surface area contributed by atoms with Crippen molar-refractivity contribution in [2.24, 2.45) is 0 Å². The van der Waals surface area contributed by atoms with Gasteiger partial charge in [-0.05, 0) is 41.3 Å². The van der Waals surface area contributed by atoms with Gasteiger partial charge in [-0.15, -0.1) is 0 Å². The van der Waals surface area contributed by atoms with Gasteiger partial charge in [-0.1, -0.05) is 36.4 Å². The molecule has 3 heterocycles. The van der Waals surface area contributed by atoms with Crippen LogP contribution in [-0.2, 0) is 6.42 Å². The first-order chi connectivity index (χ1) is 12.3. The molecule has 1 atom stereocenters. The fraction of sp³-hybridized carbons (Fsp3) is 0.143. The van der Waals surface area contributed by atoms with Gasteiger partial charge in [0.2, 0.25) is 5.56 Å². The summed E-state index contributed by atoms with van der Waals surface area (Å²) in [7, 11) is 0. The third kappa shape index (κ3) is 2.30. The summed E-state index contributed by atoms with van der Waals surface area (Å²) < 4.78 is 2.37. The van der Waals surface area contributed by atoms with Crippen LogP contribution in [0.3, 0.4) is 0 Å². The molecular weight excluding hydrogens is 310 g/mol. The Morgan fingerprint density at radius 2 is 1.84 bits per heavy atom. The minimum atomic E-state index is -0.0841. The summed E-state index contributed by atoms with van der Waals surface area (Å²) in [5.74, 6) is 1.16. The highest BCUT2D eigenvalue weighted by atomic mass is 16.1. The summed E-state index contributed by atoms with van der Waals surface area (Å²) in [6, 6.07) is 20.7. The van der Waals surface area contributed by atoms with Gasteiger partial charge < -0.3 is 9.55 Å². The molecule has 4 aromatic rings. The van der Waals surface area contributed by atoms with Gasteiger partial charge in [-0.25, -0.2) is 4.98 Å². The van der Waals surface area contributed by atoms with E-state index in [0.29, 0.717) is 6.04 Å². The van der Waals surface area contributed by atoms with Crippen molar-refractivity contribution >= 4 is 11.0 Å². The van der Waals surface area contributed by atoms with E-state index in [1.807, 2.05) is 6.07 Å². The Hall–Kier alpha value is -3.14. The Kier molecular flexibility index (Phi) is 3.10. The Balaban J connectivity index is 1.67. The quantitative estimate of drug-likeness (QED) is 0.606. The molecule has 1 aliphatic rings. The van der Waals surface area contributed by atoms with Crippen molar-refractivity contribution in [2.45, 2.75) is 18.9 Å². The number of nitrogens with one attached hydrogen (secondary N) is 1. The maximum absolute atomic E-state index is 11.3. The van der Waals surface area contributed by atoms with Crippen LogP contribution < -0.4 is 5.56 Å². The third-order valence-corrected chi connectivity index (χ3v) is 5.02. The number of pyridine rings is 1. The average Bonchev–Trinajstić information content (AvgIpc) is 3.22. The molecule has 122 valence electrons. The van der Waals surface area contributed by atoms with Crippen LogP contribution in [0.1, 0.15) is 23.9 Å². The molecule has 4 heteroatoms. The van der Waals surface area contributed by atoms with E-state index in [1.54, 1.807) is 12.3 Å². The van der Waals surface area contributed by atoms with Crippen LogP contribution in [0.15, 0.2) is 71.7 Å². The van der Waals surface area contributed by atoms with Gasteiger partial charge in [0.25, 0.3) is 0 Å². The SMILES string of the molecule is O=c1ccc(-c2ccc3nc4n(c3c2)C(c2ccccc2)CC4)c[nH]1. The Morgan fingerprint density at radius 3 is 2.64 bits per heavy atom. The second-order valence-electron chi connectivity index (χ2n) is 6.51. The zero-order valence-electron chi connectivity index (χ0n) is 13.6. The van der Waals surface area contributed by atoms with E-state index in [1.165, 1.54) is 5.56 Å². The first-order valence-electron chi connectivity index (χ1n) is 8.54. The van der Waals surface area contributed by atoms with Crippen molar-refractivity contribution in [2.75, 3.05) is 0 Å². The predicted octanol–water partition coefficient (Wildman–Crippen LogP) is 3.93. The second-order valence-corrected chi connectivity index (χ2v) is 6.51. The number of aromatic nitrogens is 3. The average molecular weight is 327 g/mol. The number of rotatable bonds is 2. The number of fused-ring (bicyclic) bond motifs is 3. The second kappa shape index (κ2) is 5.45. The molecule has 0 aliphatic carbocycles. The van der Waals surface area contributed by atoms with Crippen LogP contribution in [0, 0.1) is 0 Å². The first-order valence-corrected chi connectivity index (χ1v) is 8.54. The highest BCUT2D eigenvalue weighted by Crippen LogP contribution is 2.36. The highest BCUT2D eigenvalue weighted by Gasteiger charge is 2.26. The van der Waals surface area contributed by atoms with Crippen LogP contribution in [-0.4, -0.2) is 14.5 Å². The van der Waals surface area contributed by atoms with Crippen molar-refractivity contribution < 1.29 is 0 Å². The molecule has 2 aromatic carbocycles. The summed E-state index contributed by atoms with van der Waals surface area (Å²) in [4.78, 5) is 18.9. The van der Waals surface area contributed by atoms with Crippen molar-refractivity contribution in [1.29, 1.82) is 0 Å². The number of nitrogens with zero attached hydrogens (tertiary/aromatic N) is 2. The lowest BCUT2D eigenvalue weighted by atomic mass is 10.0. The molecule has 0 saturated carbocycles. The molecule has 25 heavy (non-hydrogen) atoms. The van der Waals surface area contributed by atoms with E-state index in [2.05, 4.69) is 58.1 Å². The number of hydrogen-bond acceptors (Lipinski definition) is 2. The minimum Gasteiger partial charge on any atom is -0.328 e. The minimum absolute atomic E-state index is 0.0841. The number of aryl methyl sites for hydroxylation is 1. The number of benzene rings is 2. The molecule has 0 bridgehead atoms. The molecule has 0 saturated heterocycles. The molecule has 2 aromatic heterocycles. The summed E-state index contributed by atoms with van der Waals surface area (Å²) in [5, 5.41) is 0. The van der Waals surface area contributed by atoms with Gasteiger partial charge in [0.1, 0.15) is 5.82 Å². The fourth-order valence-electron chi connectivity index (χ4n) is 3.82. The Labute approximate surface area is 144 Å². The first kappa shape index (κ1) is 14.2. The third-order valence-electron chi connectivity index (χ3n) is 5.02. The van der Waals surface area contributed by atoms with Gasteiger partial charge in [-0.2, -0.15) is 0 Å². The predicted molar refractivity (Wildman–Crippen MR) is 98.7 cm³/mol. The van der Waals surface area contributed by atoms with Gasteiger partial charge in [0.05, 0.1) is 17.1 Å². The topological polar surface area (TPSA) is 50.7 Å². The number of imidazole rings is 1. The molecular formula is C21H17N3O. The summed E-state index contributed by atoms with van der Waals surface area (Å²) >= 11 is 0. The standard InChI is InChI=1S/C21H17N3O/c25-21-11-7-16(13-22-21)15-6-8-17-19(12-15)24-18(9-10-20(24)23-17)14-4-2-1-3-5-14/h1-8,11-13,18H,9-10H2,(H,22,25). The molecule has 1 N–H and O–H groups in total. The molecule has 1 aliphatic heterocycles. The molecule has 1 unspecified atom stereocenters. The van der Waals surface area contributed by atoms with E-state index in [9.17, 15) is 4.79 Å². The van der Waals surface area contributed by atoms with Gasteiger partial charge in [0, 0.05) is 18.7 Å². The molecule has 5 rings (SSSR count). The Bertz CT molecular complexity index is 1100. The van der Waals surface area contributed by atoms with Crippen LogP contribution in [0.5, 0.6) is 0 Å². The van der Waals surface area contributed by atoms with Gasteiger partial charge in [0.15, 0.2) is 0 Å². The van der Waals surface area contributed by atoms with E-state index in [0.717, 1.165) is 40.8 Å². The Morgan fingerprint density at radius 1 is 1.00 bits per heavy atom. The smallest absolute Gasteiger partial charge is 0.247 e. The molecule has 0 amide bonds. The van der Waals surface area contributed by atoms with Gasteiger partial charge >= 0.3 is 0 Å². The lowest BCUT2D eigenvalue weighted by Crippen LogP contribution is -2.05. The number of aromatic amines is 1. The van der Waals surface area contributed by atoms with Crippen molar-refractivity contribution in [3.8, 4) is 11.1 Å². The highest BCUT2D eigenvalue weighted by molar-refractivity contribution is 5.83. The van der Waals surface area contributed by atoms with Crippen molar-refractivity contribution in [1.82, 2.24) is 14.5 Å². The zero-order valence-corrected chi connectivity index (χ0v) is 13.6. The largest absolute Gasteiger partial charge is 0.328 e. The van der Waals surface area contributed by atoms with Crippen LogP contribution in [0.4, 0.5) is 0 Å². The maximum Gasteiger partial charge on any atom is 0.247 e. The zero-order chi connectivity index (χ0) is 16.8. The lowest BCUT2D eigenvalue weighted by Gasteiger charge is -2.15. The summed E-state index contributed by atoms with van der Waals surface area (Å²) in [6.07, 6.45) is 3.85. The molecule has 4 nitrogen and oxygen atoms in total. The van der Waals surface area contributed by atoms with Gasteiger partial charge in [-0.3, -0.25) is 4.79 Å².